The average molecular weight is 168 g/mol. The highest BCUT2D eigenvalue weighted by Crippen LogP contribution is 2.40. The van der Waals surface area contributed by atoms with Gasteiger partial charge in [-0.15, -0.1) is 0 Å². The van der Waals surface area contributed by atoms with Gasteiger partial charge < -0.3 is 0 Å². The predicted molar refractivity (Wildman–Crippen MR) is 50.4 cm³/mol. The molecule has 2 aliphatic carbocycles. The van der Waals surface area contributed by atoms with E-state index in [0.29, 0.717) is 6.04 Å². The van der Waals surface area contributed by atoms with E-state index in [4.69, 9.17) is 5.84 Å². The van der Waals surface area contributed by atoms with Crippen LogP contribution in [0.4, 0.5) is 0 Å². The van der Waals surface area contributed by atoms with Gasteiger partial charge in [0, 0.05) is 6.04 Å². The number of hydrogen-bond acceptors (Lipinski definition) is 2. The van der Waals surface area contributed by atoms with E-state index in [1.807, 2.05) is 0 Å². The molecule has 2 saturated carbocycles. The van der Waals surface area contributed by atoms with Crippen LogP contribution in [0.25, 0.3) is 0 Å². The molecular formula is C10H20N2. The SMILES string of the molecule is NNC1CCC2CCCCC2C1. The summed E-state index contributed by atoms with van der Waals surface area (Å²) in [5.74, 6) is 7.51. The third-order valence-corrected chi connectivity index (χ3v) is 3.78. The first-order chi connectivity index (χ1) is 5.90. The molecule has 0 aromatic rings. The molecule has 0 aliphatic heterocycles. The van der Waals surface area contributed by atoms with Crippen LogP contribution in [0.5, 0.6) is 0 Å². The highest BCUT2D eigenvalue weighted by atomic mass is 15.2. The molecular weight excluding hydrogens is 148 g/mol. The van der Waals surface area contributed by atoms with Crippen molar-refractivity contribution in [3.05, 3.63) is 0 Å². The topological polar surface area (TPSA) is 38.0 Å². The molecule has 2 nitrogen and oxygen atoms in total. The first-order valence-electron chi connectivity index (χ1n) is 5.36. The smallest absolute Gasteiger partial charge is 0.0213 e. The lowest BCUT2D eigenvalue weighted by Crippen LogP contribution is -2.42. The van der Waals surface area contributed by atoms with Crippen molar-refractivity contribution < 1.29 is 0 Å². The molecule has 0 bridgehead atoms. The lowest BCUT2D eigenvalue weighted by atomic mass is 9.69. The van der Waals surface area contributed by atoms with Gasteiger partial charge in [0.2, 0.25) is 0 Å². The first kappa shape index (κ1) is 8.52. The fraction of sp³-hybridized carbons (Fsp3) is 1.00. The quantitative estimate of drug-likeness (QED) is 0.463. The van der Waals surface area contributed by atoms with Crippen LogP contribution in [0.15, 0.2) is 0 Å². The monoisotopic (exact) mass is 168 g/mol. The van der Waals surface area contributed by atoms with E-state index in [9.17, 15) is 0 Å². The fourth-order valence-electron chi connectivity index (χ4n) is 3.02. The molecule has 0 radical (unpaired) electrons. The first-order valence-corrected chi connectivity index (χ1v) is 5.36. The maximum absolute atomic E-state index is 5.48. The maximum Gasteiger partial charge on any atom is 0.0213 e. The summed E-state index contributed by atoms with van der Waals surface area (Å²) in [4.78, 5) is 0. The van der Waals surface area contributed by atoms with E-state index in [-0.39, 0.29) is 0 Å². The van der Waals surface area contributed by atoms with Crippen molar-refractivity contribution >= 4 is 0 Å². The molecule has 0 spiro atoms. The zero-order valence-electron chi connectivity index (χ0n) is 7.76. The summed E-state index contributed by atoms with van der Waals surface area (Å²) in [5, 5.41) is 0. The highest BCUT2D eigenvalue weighted by molar-refractivity contribution is 4.85. The van der Waals surface area contributed by atoms with E-state index in [1.54, 1.807) is 0 Å². The summed E-state index contributed by atoms with van der Waals surface area (Å²) in [5.41, 5.74) is 2.94. The zero-order chi connectivity index (χ0) is 8.39. The van der Waals surface area contributed by atoms with Gasteiger partial charge in [0.1, 0.15) is 0 Å². The minimum atomic E-state index is 0.615. The molecule has 2 rings (SSSR count). The van der Waals surface area contributed by atoms with Gasteiger partial charge in [-0.2, -0.15) is 0 Å². The Morgan fingerprint density at radius 2 is 1.67 bits per heavy atom. The summed E-state index contributed by atoms with van der Waals surface area (Å²) in [6.45, 7) is 0. The van der Waals surface area contributed by atoms with Gasteiger partial charge in [-0.25, -0.2) is 0 Å². The second kappa shape index (κ2) is 3.75. The number of hydrogen-bond donors (Lipinski definition) is 2. The van der Waals surface area contributed by atoms with Gasteiger partial charge in [-0.1, -0.05) is 25.7 Å². The molecule has 0 amide bonds. The van der Waals surface area contributed by atoms with Crippen LogP contribution in [-0.2, 0) is 0 Å². The van der Waals surface area contributed by atoms with E-state index in [2.05, 4.69) is 5.43 Å². The number of nitrogens with one attached hydrogen (secondary N) is 1. The Morgan fingerprint density at radius 1 is 0.917 bits per heavy atom. The Labute approximate surface area is 74.9 Å². The molecule has 70 valence electrons. The van der Waals surface area contributed by atoms with Gasteiger partial charge in [-0.3, -0.25) is 11.3 Å². The molecule has 12 heavy (non-hydrogen) atoms. The molecule has 3 N–H and O–H groups in total. The molecule has 2 aliphatic rings. The van der Waals surface area contributed by atoms with Crippen LogP contribution < -0.4 is 11.3 Å². The van der Waals surface area contributed by atoms with Gasteiger partial charge in [0.15, 0.2) is 0 Å². The number of rotatable bonds is 1. The highest BCUT2D eigenvalue weighted by Gasteiger charge is 2.31. The Hall–Kier alpha value is -0.0800. The van der Waals surface area contributed by atoms with Crippen molar-refractivity contribution in [3.63, 3.8) is 0 Å². The third kappa shape index (κ3) is 1.64. The standard InChI is InChI=1S/C10H20N2/c11-12-10-6-5-8-3-1-2-4-9(8)7-10/h8-10,12H,1-7,11H2. The average Bonchev–Trinajstić information content (AvgIpc) is 2.17. The van der Waals surface area contributed by atoms with Gasteiger partial charge in [-0.05, 0) is 31.1 Å². The summed E-state index contributed by atoms with van der Waals surface area (Å²) in [6.07, 6.45) is 9.93. The molecule has 2 fully saturated rings. The van der Waals surface area contributed by atoms with E-state index >= 15 is 0 Å². The van der Waals surface area contributed by atoms with Crippen molar-refractivity contribution in [2.24, 2.45) is 17.7 Å². The Kier molecular flexibility index (Phi) is 2.66. The molecule has 2 heteroatoms. The number of fused-ring (bicyclic) bond motifs is 1. The van der Waals surface area contributed by atoms with Crippen LogP contribution in [-0.4, -0.2) is 6.04 Å². The van der Waals surface area contributed by atoms with Gasteiger partial charge >= 0.3 is 0 Å². The van der Waals surface area contributed by atoms with Crippen LogP contribution in [0.2, 0.25) is 0 Å². The van der Waals surface area contributed by atoms with Crippen LogP contribution in [0, 0.1) is 11.8 Å². The molecule has 0 heterocycles. The minimum absolute atomic E-state index is 0.615. The van der Waals surface area contributed by atoms with E-state index < -0.39 is 0 Å². The summed E-state index contributed by atoms with van der Waals surface area (Å²) in [7, 11) is 0. The van der Waals surface area contributed by atoms with Crippen LogP contribution in [0.1, 0.15) is 44.9 Å². The van der Waals surface area contributed by atoms with Crippen molar-refractivity contribution in [1.82, 2.24) is 5.43 Å². The molecule has 3 atom stereocenters. The van der Waals surface area contributed by atoms with E-state index in [0.717, 1.165) is 11.8 Å². The molecule has 0 aromatic carbocycles. The van der Waals surface area contributed by atoms with Crippen molar-refractivity contribution in [3.8, 4) is 0 Å². The van der Waals surface area contributed by atoms with Crippen LogP contribution in [0.3, 0.4) is 0 Å². The van der Waals surface area contributed by atoms with Gasteiger partial charge in [0.05, 0.1) is 0 Å². The summed E-state index contributed by atoms with van der Waals surface area (Å²) >= 11 is 0. The zero-order valence-corrected chi connectivity index (χ0v) is 7.76. The molecule has 0 saturated heterocycles. The van der Waals surface area contributed by atoms with Gasteiger partial charge in [0.25, 0.3) is 0 Å². The third-order valence-electron chi connectivity index (χ3n) is 3.78. The van der Waals surface area contributed by atoms with Crippen molar-refractivity contribution in [2.45, 2.75) is 51.0 Å². The van der Waals surface area contributed by atoms with E-state index in [1.165, 1.54) is 44.9 Å². The molecule has 0 aromatic heterocycles. The van der Waals surface area contributed by atoms with Crippen molar-refractivity contribution in [1.29, 1.82) is 0 Å². The minimum Gasteiger partial charge on any atom is -0.271 e. The fourth-order valence-corrected chi connectivity index (χ4v) is 3.02. The summed E-state index contributed by atoms with van der Waals surface area (Å²) < 4.78 is 0. The number of hydrazine groups is 1. The second-order valence-electron chi connectivity index (χ2n) is 4.48. The molecule has 3 unspecified atom stereocenters. The van der Waals surface area contributed by atoms with Crippen LogP contribution >= 0.6 is 0 Å². The number of nitrogens with two attached hydrogens (primary N) is 1. The second-order valence-corrected chi connectivity index (χ2v) is 4.48. The lowest BCUT2D eigenvalue weighted by Gasteiger charge is -2.39. The maximum atomic E-state index is 5.48. The lowest BCUT2D eigenvalue weighted by molar-refractivity contribution is 0.144. The Bertz CT molecular complexity index is 147. The Balaban J connectivity index is 1.90. The summed E-state index contributed by atoms with van der Waals surface area (Å²) in [6, 6.07) is 0.615. The largest absolute Gasteiger partial charge is 0.271 e. The predicted octanol–water partition coefficient (Wildman–Crippen LogP) is 1.81. The Morgan fingerprint density at radius 3 is 2.42 bits per heavy atom. The normalized spacial score (nSPS) is 42.2. The van der Waals surface area contributed by atoms with Crippen molar-refractivity contribution in [2.75, 3.05) is 0 Å².